The Hall–Kier alpha value is -1.57. The minimum absolute atomic E-state index is 0.0201. The van der Waals surface area contributed by atoms with E-state index in [-0.39, 0.29) is 12.0 Å². The number of rotatable bonds is 2. The first kappa shape index (κ1) is 15.3. The summed E-state index contributed by atoms with van der Waals surface area (Å²) in [6.45, 7) is 2.63. The van der Waals surface area contributed by atoms with Gasteiger partial charge in [-0.1, -0.05) is 0 Å². The molecule has 1 unspecified atom stereocenters. The van der Waals surface area contributed by atoms with Crippen LogP contribution in [0, 0.1) is 0 Å². The minimum atomic E-state index is -4.47. The number of piperidine rings is 1. The van der Waals surface area contributed by atoms with E-state index in [1.54, 1.807) is 0 Å². The van der Waals surface area contributed by atoms with E-state index in [0.717, 1.165) is 31.7 Å². The summed E-state index contributed by atoms with van der Waals surface area (Å²) < 4.78 is 39.4. The van der Waals surface area contributed by atoms with Crippen molar-refractivity contribution in [3.63, 3.8) is 0 Å². The summed E-state index contributed by atoms with van der Waals surface area (Å²) in [6, 6.07) is 1.02. The third-order valence-electron chi connectivity index (χ3n) is 4.16. The van der Waals surface area contributed by atoms with Crippen LogP contribution in [-0.4, -0.2) is 42.2 Å². The largest absolute Gasteiger partial charge is 0.433 e. The summed E-state index contributed by atoms with van der Waals surface area (Å²) in [4.78, 5) is 11.8. The minimum Gasteiger partial charge on any atom is -0.355 e. The molecule has 122 valence electrons. The quantitative estimate of drug-likeness (QED) is 0.905. The first-order valence-electron chi connectivity index (χ1n) is 7.65. The fraction of sp³-hybridized carbons (Fsp3) is 0.714. The van der Waals surface area contributed by atoms with Crippen molar-refractivity contribution in [2.24, 2.45) is 5.73 Å². The molecule has 3 rings (SSSR count). The number of nitrogens with zero attached hydrogens (tertiary/aromatic N) is 4. The van der Waals surface area contributed by atoms with Crippen molar-refractivity contribution in [1.82, 2.24) is 9.97 Å². The topological polar surface area (TPSA) is 58.3 Å². The second kappa shape index (κ2) is 5.91. The third-order valence-corrected chi connectivity index (χ3v) is 4.16. The summed E-state index contributed by atoms with van der Waals surface area (Å²) >= 11 is 0. The molecule has 1 atom stereocenters. The van der Waals surface area contributed by atoms with E-state index < -0.39 is 11.9 Å². The van der Waals surface area contributed by atoms with E-state index in [0.29, 0.717) is 32.0 Å². The second-order valence-electron chi connectivity index (χ2n) is 5.95. The molecule has 0 spiro atoms. The Morgan fingerprint density at radius 2 is 1.73 bits per heavy atom. The van der Waals surface area contributed by atoms with Crippen LogP contribution in [0.2, 0.25) is 0 Å². The molecule has 2 N–H and O–H groups in total. The predicted octanol–water partition coefficient (Wildman–Crippen LogP) is 2.02. The van der Waals surface area contributed by atoms with Gasteiger partial charge in [0.25, 0.3) is 0 Å². The molecule has 3 heterocycles. The van der Waals surface area contributed by atoms with Crippen LogP contribution in [0.4, 0.5) is 24.9 Å². The molecular weight excluding hydrogens is 295 g/mol. The molecule has 2 saturated heterocycles. The van der Waals surface area contributed by atoms with E-state index in [4.69, 9.17) is 5.73 Å². The maximum atomic E-state index is 13.1. The van der Waals surface area contributed by atoms with Crippen molar-refractivity contribution in [3.8, 4) is 0 Å². The molecule has 0 radical (unpaired) electrons. The number of halogens is 3. The van der Waals surface area contributed by atoms with Gasteiger partial charge in [0.05, 0.1) is 0 Å². The summed E-state index contributed by atoms with van der Waals surface area (Å²) in [6.07, 6.45) is -0.782. The normalized spacial score (nSPS) is 23.2. The Morgan fingerprint density at radius 3 is 2.36 bits per heavy atom. The second-order valence-corrected chi connectivity index (χ2v) is 5.95. The van der Waals surface area contributed by atoms with Crippen LogP contribution in [0.3, 0.4) is 0 Å². The average molecular weight is 315 g/mol. The Bertz CT molecular complexity index is 528. The number of hydrogen-bond donors (Lipinski definition) is 1. The molecule has 8 heteroatoms. The van der Waals surface area contributed by atoms with Crippen molar-refractivity contribution in [2.75, 3.05) is 36.0 Å². The van der Waals surface area contributed by atoms with Gasteiger partial charge in [-0.05, 0) is 25.7 Å². The van der Waals surface area contributed by atoms with Gasteiger partial charge in [-0.3, -0.25) is 0 Å². The van der Waals surface area contributed by atoms with Gasteiger partial charge in [0.15, 0.2) is 5.69 Å². The highest BCUT2D eigenvalue weighted by atomic mass is 19.4. The van der Waals surface area contributed by atoms with Crippen molar-refractivity contribution >= 4 is 11.8 Å². The smallest absolute Gasteiger partial charge is 0.355 e. The molecule has 0 amide bonds. The standard InChI is InChI=1S/C14H20F3N5/c15-14(16,17)11-8-12(22-7-3-4-10(18)9-22)20-13(19-11)21-5-1-2-6-21/h8,10H,1-7,9,18H2. The van der Waals surface area contributed by atoms with Crippen LogP contribution in [0.5, 0.6) is 0 Å². The van der Waals surface area contributed by atoms with Gasteiger partial charge in [0.2, 0.25) is 5.95 Å². The van der Waals surface area contributed by atoms with Crippen molar-refractivity contribution < 1.29 is 13.2 Å². The Balaban J connectivity index is 1.95. The Labute approximate surface area is 127 Å². The number of anilines is 2. The maximum absolute atomic E-state index is 13.1. The lowest BCUT2D eigenvalue weighted by Gasteiger charge is -2.32. The van der Waals surface area contributed by atoms with Gasteiger partial charge in [0.1, 0.15) is 5.82 Å². The van der Waals surface area contributed by atoms with Gasteiger partial charge in [-0.25, -0.2) is 4.98 Å². The molecule has 2 aliphatic rings. The van der Waals surface area contributed by atoms with Crippen LogP contribution in [0.1, 0.15) is 31.4 Å². The number of hydrogen-bond acceptors (Lipinski definition) is 5. The molecule has 2 aliphatic heterocycles. The van der Waals surface area contributed by atoms with E-state index in [1.807, 2.05) is 9.80 Å². The maximum Gasteiger partial charge on any atom is 0.433 e. The monoisotopic (exact) mass is 315 g/mol. The average Bonchev–Trinajstić information content (AvgIpc) is 3.00. The van der Waals surface area contributed by atoms with Gasteiger partial charge < -0.3 is 15.5 Å². The Kier molecular flexibility index (Phi) is 4.12. The molecule has 1 aromatic rings. The van der Waals surface area contributed by atoms with E-state index in [2.05, 4.69) is 9.97 Å². The summed E-state index contributed by atoms with van der Waals surface area (Å²) in [7, 11) is 0. The molecule has 5 nitrogen and oxygen atoms in total. The highest BCUT2D eigenvalue weighted by molar-refractivity contribution is 5.47. The van der Waals surface area contributed by atoms with Gasteiger partial charge >= 0.3 is 6.18 Å². The summed E-state index contributed by atoms with van der Waals surface area (Å²) in [5.74, 6) is 0.515. The SMILES string of the molecule is NC1CCCN(c2cc(C(F)(F)F)nc(N3CCCC3)n2)C1. The van der Waals surface area contributed by atoms with Crippen LogP contribution < -0.4 is 15.5 Å². The molecule has 1 aromatic heterocycles. The molecule has 0 aromatic carbocycles. The van der Waals surface area contributed by atoms with E-state index >= 15 is 0 Å². The molecule has 0 aliphatic carbocycles. The number of alkyl halides is 3. The van der Waals surface area contributed by atoms with Crippen LogP contribution in [-0.2, 0) is 6.18 Å². The van der Waals surface area contributed by atoms with Crippen LogP contribution in [0.15, 0.2) is 6.07 Å². The summed E-state index contributed by atoms with van der Waals surface area (Å²) in [5.41, 5.74) is 5.05. The molecule has 0 bridgehead atoms. The summed E-state index contributed by atoms with van der Waals surface area (Å²) in [5, 5.41) is 0. The van der Waals surface area contributed by atoms with Crippen molar-refractivity contribution in [2.45, 2.75) is 37.9 Å². The number of nitrogens with two attached hydrogens (primary N) is 1. The predicted molar refractivity (Wildman–Crippen MR) is 77.9 cm³/mol. The van der Waals surface area contributed by atoms with Gasteiger partial charge in [-0.2, -0.15) is 18.2 Å². The number of aromatic nitrogens is 2. The van der Waals surface area contributed by atoms with Crippen LogP contribution in [0.25, 0.3) is 0 Å². The van der Waals surface area contributed by atoms with E-state index in [1.165, 1.54) is 0 Å². The molecular formula is C14H20F3N5. The molecule has 2 fully saturated rings. The van der Waals surface area contributed by atoms with Gasteiger partial charge in [0, 0.05) is 38.3 Å². The zero-order valence-electron chi connectivity index (χ0n) is 12.3. The van der Waals surface area contributed by atoms with Crippen LogP contribution >= 0.6 is 0 Å². The lowest BCUT2D eigenvalue weighted by molar-refractivity contribution is -0.141. The van der Waals surface area contributed by atoms with Crippen molar-refractivity contribution in [1.29, 1.82) is 0 Å². The highest BCUT2D eigenvalue weighted by Crippen LogP contribution is 2.32. The Morgan fingerprint density at radius 1 is 1.05 bits per heavy atom. The van der Waals surface area contributed by atoms with E-state index in [9.17, 15) is 13.2 Å². The highest BCUT2D eigenvalue weighted by Gasteiger charge is 2.35. The molecule has 0 saturated carbocycles. The fourth-order valence-electron chi connectivity index (χ4n) is 3.01. The lowest BCUT2D eigenvalue weighted by atomic mass is 10.1. The van der Waals surface area contributed by atoms with Crippen molar-refractivity contribution in [3.05, 3.63) is 11.8 Å². The first-order chi connectivity index (χ1) is 10.4. The zero-order chi connectivity index (χ0) is 15.7. The lowest BCUT2D eigenvalue weighted by Crippen LogP contribution is -2.43. The third kappa shape index (κ3) is 3.26. The zero-order valence-corrected chi connectivity index (χ0v) is 12.3. The first-order valence-corrected chi connectivity index (χ1v) is 7.65. The van der Waals surface area contributed by atoms with Gasteiger partial charge in [-0.15, -0.1) is 0 Å². The molecule has 22 heavy (non-hydrogen) atoms. The fourth-order valence-corrected chi connectivity index (χ4v) is 3.01.